The number of hydrogen-bond donors (Lipinski definition) is 0. The predicted molar refractivity (Wildman–Crippen MR) is 348 cm³/mol. The standard InChI is InChI=1S/C76H49BN6/c1-4-20-52(21-5-1)77(53-42-38-50(39-43-53)65-30-18-36-71(78-65)82-69-34-16-12-28-59(69)63-48-46-61-57-26-10-14-32-67(57)80(73(61)75(63)82)55-22-6-2-7-23-55)54-44-40-51(41-45-54)66-31-19-37-72(79-66)83-70-35-17-13-29-60(70)64-49-47-62-58-27-11-15-33-68(58)81(74(62)76(64)83)56-24-8-3-9-25-56/h1-49H. The van der Waals surface area contributed by atoms with E-state index < -0.39 is 0 Å². The Morgan fingerprint density at radius 3 is 0.892 bits per heavy atom. The number of pyridine rings is 2. The van der Waals surface area contributed by atoms with Crippen LogP contribution in [0, 0.1) is 0 Å². The molecular weight excluding hydrogens is 1010 g/mol. The first-order chi connectivity index (χ1) is 41.2. The van der Waals surface area contributed by atoms with Gasteiger partial charge in [0.2, 0.25) is 6.71 Å². The summed E-state index contributed by atoms with van der Waals surface area (Å²) in [6.07, 6.45) is 0. The number of para-hydroxylation sites is 6. The molecule has 0 aliphatic carbocycles. The fraction of sp³-hybridized carbons (Fsp3) is 0. The lowest BCUT2D eigenvalue weighted by molar-refractivity contribution is 1.08. The molecule has 17 rings (SSSR count). The Labute approximate surface area is 478 Å². The van der Waals surface area contributed by atoms with E-state index in [4.69, 9.17) is 9.97 Å². The molecule has 6 aromatic heterocycles. The van der Waals surface area contributed by atoms with Crippen molar-refractivity contribution in [1.82, 2.24) is 28.2 Å². The van der Waals surface area contributed by atoms with Gasteiger partial charge in [-0.3, -0.25) is 9.13 Å². The van der Waals surface area contributed by atoms with Crippen molar-refractivity contribution in [3.63, 3.8) is 0 Å². The van der Waals surface area contributed by atoms with E-state index in [1.807, 2.05) is 0 Å². The zero-order valence-corrected chi connectivity index (χ0v) is 45.1. The van der Waals surface area contributed by atoms with E-state index >= 15 is 0 Å². The molecule has 0 bridgehead atoms. The first-order valence-electron chi connectivity index (χ1n) is 28.4. The van der Waals surface area contributed by atoms with Crippen LogP contribution in [0.1, 0.15) is 0 Å². The van der Waals surface area contributed by atoms with Gasteiger partial charge in [-0.2, -0.15) is 0 Å². The van der Waals surface area contributed by atoms with E-state index in [0.29, 0.717) is 0 Å². The predicted octanol–water partition coefficient (Wildman–Crippen LogP) is 16.7. The summed E-state index contributed by atoms with van der Waals surface area (Å²) in [4.78, 5) is 11.0. The molecule has 0 atom stereocenters. The molecule has 0 saturated carbocycles. The molecule has 0 aliphatic rings. The first-order valence-corrected chi connectivity index (χ1v) is 28.4. The van der Waals surface area contributed by atoms with Gasteiger partial charge in [0.25, 0.3) is 0 Å². The van der Waals surface area contributed by atoms with Crippen LogP contribution in [-0.2, 0) is 0 Å². The number of rotatable bonds is 9. The molecule has 0 saturated heterocycles. The summed E-state index contributed by atoms with van der Waals surface area (Å²) in [7, 11) is 0. The minimum absolute atomic E-state index is 0.00866. The maximum atomic E-state index is 5.51. The van der Waals surface area contributed by atoms with Crippen molar-refractivity contribution in [3.8, 4) is 45.5 Å². The summed E-state index contributed by atoms with van der Waals surface area (Å²) in [5.74, 6) is 1.74. The topological polar surface area (TPSA) is 45.5 Å². The van der Waals surface area contributed by atoms with Gasteiger partial charge in [-0.05, 0) is 72.8 Å². The van der Waals surface area contributed by atoms with Crippen LogP contribution in [0.2, 0.25) is 0 Å². The maximum absolute atomic E-state index is 5.51. The van der Waals surface area contributed by atoms with Crippen LogP contribution in [-0.4, -0.2) is 34.9 Å². The number of hydrogen-bond acceptors (Lipinski definition) is 2. The number of fused-ring (bicyclic) bond motifs is 14. The van der Waals surface area contributed by atoms with Gasteiger partial charge in [0, 0.05) is 65.6 Å². The Balaban J connectivity index is 0.747. The first kappa shape index (κ1) is 46.9. The quantitative estimate of drug-likeness (QED) is 0.135. The summed E-state index contributed by atoms with van der Waals surface area (Å²) in [6.45, 7) is -0.00866. The van der Waals surface area contributed by atoms with Gasteiger partial charge in [0.05, 0.1) is 55.5 Å². The summed E-state index contributed by atoms with van der Waals surface area (Å²) in [6, 6.07) is 107. The van der Waals surface area contributed by atoms with Gasteiger partial charge in [-0.15, -0.1) is 0 Å². The maximum Gasteiger partial charge on any atom is 0.241 e. The SMILES string of the molecule is c1ccc(B(c2ccc(-c3cccc(-n4c5ccccc5c5ccc6c7ccccc7n(-c7ccccc7)c6c54)n3)cc2)c2ccc(-c3cccc(-n4c5ccccc5c5ccc6c7ccccc7n(-c7ccccc7)c6c54)n3)cc2)cc1. The van der Waals surface area contributed by atoms with Gasteiger partial charge in [0.15, 0.2) is 0 Å². The van der Waals surface area contributed by atoms with Crippen molar-refractivity contribution < 1.29 is 0 Å². The molecule has 0 radical (unpaired) electrons. The Hall–Kier alpha value is -11.0. The summed E-state index contributed by atoms with van der Waals surface area (Å²) >= 11 is 0. The molecular formula is C76H49BN6. The summed E-state index contributed by atoms with van der Waals surface area (Å²) in [5, 5.41) is 9.64. The summed E-state index contributed by atoms with van der Waals surface area (Å²) in [5.41, 5.74) is 19.0. The van der Waals surface area contributed by atoms with Crippen LogP contribution in [0.4, 0.5) is 0 Å². The third-order valence-corrected chi connectivity index (χ3v) is 17.1. The third-order valence-electron chi connectivity index (χ3n) is 17.1. The average molecular weight is 1060 g/mol. The second-order valence-electron chi connectivity index (χ2n) is 21.6. The van der Waals surface area contributed by atoms with Gasteiger partial charge in [-0.25, -0.2) is 9.97 Å². The molecule has 0 amide bonds. The van der Waals surface area contributed by atoms with Crippen molar-refractivity contribution in [2.24, 2.45) is 0 Å². The van der Waals surface area contributed by atoms with E-state index in [-0.39, 0.29) is 6.71 Å². The fourth-order valence-electron chi connectivity index (χ4n) is 13.5. The highest BCUT2D eigenvalue weighted by Gasteiger charge is 2.26. The van der Waals surface area contributed by atoms with Crippen molar-refractivity contribution in [3.05, 3.63) is 297 Å². The molecule has 7 heteroatoms. The van der Waals surface area contributed by atoms with Crippen molar-refractivity contribution in [1.29, 1.82) is 0 Å². The van der Waals surface area contributed by atoms with Crippen molar-refractivity contribution in [2.45, 2.75) is 0 Å². The van der Waals surface area contributed by atoms with Crippen LogP contribution in [0.3, 0.4) is 0 Å². The molecule has 0 spiro atoms. The van der Waals surface area contributed by atoms with Gasteiger partial charge in [0.1, 0.15) is 11.6 Å². The average Bonchev–Trinajstić information content (AvgIpc) is 2.06. The van der Waals surface area contributed by atoms with Crippen LogP contribution < -0.4 is 16.4 Å². The van der Waals surface area contributed by atoms with E-state index in [1.54, 1.807) is 0 Å². The Morgan fingerprint density at radius 1 is 0.217 bits per heavy atom. The molecule has 11 aromatic carbocycles. The Bertz CT molecular complexity index is 5050. The zero-order valence-electron chi connectivity index (χ0n) is 45.1. The molecule has 0 N–H and O–H groups in total. The highest BCUT2D eigenvalue weighted by molar-refractivity contribution is 6.95. The number of nitrogens with zero attached hydrogens (tertiary/aromatic N) is 6. The van der Waals surface area contributed by atoms with Gasteiger partial charge >= 0.3 is 0 Å². The summed E-state index contributed by atoms with van der Waals surface area (Å²) < 4.78 is 9.59. The van der Waals surface area contributed by atoms with Crippen molar-refractivity contribution >= 4 is 110 Å². The molecule has 83 heavy (non-hydrogen) atoms. The normalized spacial score (nSPS) is 11.9. The van der Waals surface area contributed by atoms with E-state index in [1.165, 1.54) is 70.5 Å². The van der Waals surface area contributed by atoms with E-state index in [2.05, 4.69) is 316 Å². The molecule has 0 fully saturated rings. The van der Waals surface area contributed by atoms with Crippen LogP contribution in [0.15, 0.2) is 297 Å². The van der Waals surface area contributed by atoms with E-state index in [0.717, 1.165) is 78.6 Å². The van der Waals surface area contributed by atoms with Crippen molar-refractivity contribution in [2.75, 3.05) is 0 Å². The minimum atomic E-state index is -0.00866. The lowest BCUT2D eigenvalue weighted by Gasteiger charge is -2.17. The number of benzene rings is 11. The highest BCUT2D eigenvalue weighted by atomic mass is 15.1. The Morgan fingerprint density at radius 2 is 0.518 bits per heavy atom. The number of aromatic nitrogens is 6. The fourth-order valence-corrected chi connectivity index (χ4v) is 13.5. The van der Waals surface area contributed by atoms with Gasteiger partial charge in [-0.1, -0.05) is 241 Å². The van der Waals surface area contributed by atoms with E-state index in [9.17, 15) is 0 Å². The smallest absolute Gasteiger partial charge is 0.241 e. The lowest BCUT2D eigenvalue weighted by atomic mass is 9.37. The lowest BCUT2D eigenvalue weighted by Crippen LogP contribution is -2.51. The van der Waals surface area contributed by atoms with Crippen LogP contribution >= 0.6 is 0 Å². The molecule has 386 valence electrons. The van der Waals surface area contributed by atoms with Crippen LogP contribution in [0.5, 0.6) is 0 Å². The third kappa shape index (κ3) is 7.31. The second-order valence-corrected chi connectivity index (χ2v) is 21.6. The minimum Gasteiger partial charge on any atom is -0.307 e. The molecule has 6 nitrogen and oxygen atoms in total. The largest absolute Gasteiger partial charge is 0.307 e. The monoisotopic (exact) mass is 1060 g/mol. The molecule has 6 heterocycles. The zero-order chi connectivity index (χ0) is 54.5. The molecule has 0 unspecified atom stereocenters. The molecule has 17 aromatic rings. The highest BCUT2D eigenvalue weighted by Crippen LogP contribution is 2.44. The Kier molecular flexibility index (Phi) is 10.6. The van der Waals surface area contributed by atoms with Crippen LogP contribution in [0.25, 0.3) is 133 Å². The molecule has 0 aliphatic heterocycles. The van der Waals surface area contributed by atoms with Gasteiger partial charge < -0.3 is 9.13 Å². The second kappa shape index (κ2) is 18.8.